The second-order valence-corrected chi connectivity index (χ2v) is 9.55. The van der Waals surface area contributed by atoms with E-state index in [4.69, 9.17) is 0 Å². The number of carbonyl (C=O) groups is 1. The molecule has 8 heteroatoms. The van der Waals surface area contributed by atoms with E-state index in [2.05, 4.69) is 10.6 Å². The van der Waals surface area contributed by atoms with Crippen molar-refractivity contribution in [3.63, 3.8) is 0 Å². The molecule has 3 aromatic carbocycles. The first kappa shape index (κ1) is 24.2. The highest BCUT2D eigenvalue weighted by Gasteiger charge is 2.34. The van der Waals surface area contributed by atoms with E-state index >= 15 is 0 Å². The molecule has 0 saturated carbocycles. The number of hydrogen-bond acceptors (Lipinski definition) is 3. The minimum absolute atomic E-state index is 0.289. The van der Waals surface area contributed by atoms with Crippen LogP contribution in [0, 0.1) is 0 Å². The number of fused-ring (bicyclic) bond motifs is 2. The number of amides is 2. The predicted octanol–water partition coefficient (Wildman–Crippen LogP) is 5.31. The molecular formula is C28H28F3N3O2. The number of carbonyl (C=O) groups excluding carboxylic acids is 1. The molecule has 3 N–H and O–H groups in total. The first-order chi connectivity index (χ1) is 17.3. The Morgan fingerprint density at radius 2 is 1.81 bits per heavy atom. The predicted molar refractivity (Wildman–Crippen MR) is 133 cm³/mol. The second-order valence-electron chi connectivity index (χ2n) is 9.55. The largest absolute Gasteiger partial charge is 0.416 e. The van der Waals surface area contributed by atoms with Gasteiger partial charge in [-0.1, -0.05) is 48.5 Å². The second kappa shape index (κ2) is 9.85. The minimum atomic E-state index is -4.43. The van der Waals surface area contributed by atoms with E-state index in [0.717, 1.165) is 34.7 Å². The maximum atomic E-state index is 13.4. The van der Waals surface area contributed by atoms with Crippen molar-refractivity contribution >= 4 is 17.4 Å². The molecular weight excluding hydrogens is 467 g/mol. The number of aryl methyl sites for hydroxylation is 1. The molecule has 1 heterocycles. The number of halogens is 3. The van der Waals surface area contributed by atoms with Crippen LogP contribution in [0.1, 0.15) is 34.2 Å². The lowest BCUT2D eigenvalue weighted by atomic mass is 9.88. The van der Waals surface area contributed by atoms with Gasteiger partial charge in [0.25, 0.3) is 0 Å². The standard InChI is InChI=1S/C28H28F3N3O2/c29-28(30,31)21-11-9-20-13-22(17-34(26(20)14-21)16-18-5-2-1-3-6-18)32-27(36)33-25-8-4-7-19-10-12-23(35)15-24(19)25/h1-9,11,14,22-23,35H,10,12-13,15-17H2,(H2,32,33,36). The molecule has 188 valence electrons. The van der Waals surface area contributed by atoms with Crippen molar-refractivity contribution in [2.75, 3.05) is 16.8 Å². The topological polar surface area (TPSA) is 64.6 Å². The molecule has 2 aliphatic rings. The fourth-order valence-corrected chi connectivity index (χ4v) is 5.18. The molecule has 1 aliphatic heterocycles. The van der Waals surface area contributed by atoms with Gasteiger partial charge in [0.2, 0.25) is 0 Å². The highest BCUT2D eigenvalue weighted by Crippen LogP contribution is 2.36. The maximum absolute atomic E-state index is 13.4. The monoisotopic (exact) mass is 495 g/mol. The molecule has 0 fully saturated rings. The van der Waals surface area contributed by atoms with Gasteiger partial charge in [0.15, 0.2) is 0 Å². The van der Waals surface area contributed by atoms with Crippen LogP contribution >= 0.6 is 0 Å². The lowest BCUT2D eigenvalue weighted by Gasteiger charge is -2.37. The molecule has 3 aromatic rings. The van der Waals surface area contributed by atoms with Gasteiger partial charge in [0.1, 0.15) is 0 Å². The van der Waals surface area contributed by atoms with Crippen molar-refractivity contribution in [2.45, 2.75) is 50.6 Å². The Morgan fingerprint density at radius 1 is 1.00 bits per heavy atom. The van der Waals surface area contributed by atoms with Crippen molar-refractivity contribution in [1.29, 1.82) is 0 Å². The smallest absolute Gasteiger partial charge is 0.393 e. The van der Waals surface area contributed by atoms with E-state index < -0.39 is 17.8 Å². The Bertz CT molecular complexity index is 1250. The number of hydrogen-bond donors (Lipinski definition) is 3. The van der Waals surface area contributed by atoms with E-state index in [1.807, 2.05) is 53.4 Å². The molecule has 2 atom stereocenters. The fourth-order valence-electron chi connectivity index (χ4n) is 5.18. The average Bonchev–Trinajstić information content (AvgIpc) is 2.84. The lowest BCUT2D eigenvalue weighted by Crippen LogP contribution is -2.49. The van der Waals surface area contributed by atoms with Crippen LogP contribution in [0.4, 0.5) is 29.3 Å². The zero-order valence-electron chi connectivity index (χ0n) is 19.7. The molecule has 0 aromatic heterocycles. The molecule has 0 radical (unpaired) electrons. The third-order valence-electron chi connectivity index (χ3n) is 6.92. The summed E-state index contributed by atoms with van der Waals surface area (Å²) in [5.41, 5.74) is 4.34. The number of nitrogens with one attached hydrogen (secondary N) is 2. The Balaban J connectivity index is 1.35. The van der Waals surface area contributed by atoms with E-state index in [1.165, 1.54) is 12.1 Å². The summed E-state index contributed by atoms with van der Waals surface area (Å²) in [5, 5.41) is 16.0. The van der Waals surface area contributed by atoms with Crippen LogP contribution in [0.2, 0.25) is 0 Å². The van der Waals surface area contributed by atoms with Gasteiger partial charge in [-0.25, -0.2) is 4.79 Å². The SMILES string of the molecule is O=C(Nc1cccc2c1CC(O)CC2)NC1Cc2ccc(C(F)(F)F)cc2N(Cc2ccccc2)C1. The summed E-state index contributed by atoms with van der Waals surface area (Å²) in [6, 6.07) is 18.4. The van der Waals surface area contributed by atoms with Crippen LogP contribution in [0.25, 0.3) is 0 Å². The number of benzene rings is 3. The Morgan fingerprint density at radius 3 is 2.58 bits per heavy atom. The van der Waals surface area contributed by atoms with Gasteiger partial charge >= 0.3 is 12.2 Å². The van der Waals surface area contributed by atoms with Crippen molar-refractivity contribution < 1.29 is 23.1 Å². The first-order valence-electron chi connectivity index (χ1n) is 12.1. The summed E-state index contributed by atoms with van der Waals surface area (Å²) >= 11 is 0. The molecule has 2 amide bonds. The highest BCUT2D eigenvalue weighted by atomic mass is 19.4. The summed E-state index contributed by atoms with van der Waals surface area (Å²) in [6.45, 7) is 0.807. The van der Waals surface area contributed by atoms with Gasteiger partial charge in [-0.2, -0.15) is 13.2 Å². The lowest BCUT2D eigenvalue weighted by molar-refractivity contribution is -0.137. The summed E-state index contributed by atoms with van der Waals surface area (Å²) < 4.78 is 40.2. The van der Waals surface area contributed by atoms with E-state index in [9.17, 15) is 23.1 Å². The van der Waals surface area contributed by atoms with E-state index in [0.29, 0.717) is 43.7 Å². The van der Waals surface area contributed by atoms with Crippen LogP contribution in [0.5, 0.6) is 0 Å². The molecule has 36 heavy (non-hydrogen) atoms. The molecule has 0 bridgehead atoms. The fraction of sp³-hybridized carbons (Fsp3) is 0.321. The molecule has 1 aliphatic carbocycles. The maximum Gasteiger partial charge on any atom is 0.416 e. The zero-order valence-corrected chi connectivity index (χ0v) is 19.7. The average molecular weight is 496 g/mol. The first-order valence-corrected chi connectivity index (χ1v) is 12.1. The normalized spacial score (nSPS) is 19.3. The van der Waals surface area contributed by atoms with Gasteiger partial charge < -0.3 is 20.6 Å². The molecule has 5 rings (SSSR count). The Labute approximate surface area is 207 Å². The van der Waals surface area contributed by atoms with E-state index in [-0.39, 0.29) is 12.1 Å². The van der Waals surface area contributed by atoms with Gasteiger partial charge in [0.05, 0.1) is 17.7 Å². The molecule has 0 spiro atoms. The molecule has 0 saturated heterocycles. The quantitative estimate of drug-likeness (QED) is 0.460. The van der Waals surface area contributed by atoms with Crippen LogP contribution in [0.3, 0.4) is 0 Å². The van der Waals surface area contributed by atoms with Crippen LogP contribution in [0.15, 0.2) is 66.7 Å². The number of rotatable bonds is 4. The number of alkyl halides is 3. The summed E-state index contributed by atoms with van der Waals surface area (Å²) in [7, 11) is 0. The van der Waals surface area contributed by atoms with Gasteiger partial charge in [0, 0.05) is 30.9 Å². The van der Waals surface area contributed by atoms with Crippen LogP contribution < -0.4 is 15.5 Å². The zero-order chi connectivity index (χ0) is 25.3. The van der Waals surface area contributed by atoms with Crippen molar-refractivity contribution in [3.05, 3.63) is 94.5 Å². The summed E-state index contributed by atoms with van der Waals surface area (Å²) in [4.78, 5) is 14.9. The summed E-state index contributed by atoms with van der Waals surface area (Å²) in [6.07, 6.45) is -2.46. The van der Waals surface area contributed by atoms with Gasteiger partial charge in [-0.05, 0) is 59.7 Å². The van der Waals surface area contributed by atoms with Crippen molar-refractivity contribution in [1.82, 2.24) is 5.32 Å². The van der Waals surface area contributed by atoms with Crippen LogP contribution in [-0.2, 0) is 32.0 Å². The molecule has 5 nitrogen and oxygen atoms in total. The van der Waals surface area contributed by atoms with Crippen molar-refractivity contribution in [3.8, 4) is 0 Å². The number of aliphatic hydroxyl groups is 1. The minimum Gasteiger partial charge on any atom is -0.393 e. The Kier molecular flexibility index (Phi) is 6.62. The van der Waals surface area contributed by atoms with Crippen LogP contribution in [-0.4, -0.2) is 29.8 Å². The third-order valence-corrected chi connectivity index (χ3v) is 6.92. The number of nitrogens with zero attached hydrogens (tertiary/aromatic N) is 1. The highest BCUT2D eigenvalue weighted by molar-refractivity contribution is 5.90. The van der Waals surface area contributed by atoms with Gasteiger partial charge in [-0.15, -0.1) is 0 Å². The summed E-state index contributed by atoms with van der Waals surface area (Å²) in [5.74, 6) is 0. The van der Waals surface area contributed by atoms with Crippen molar-refractivity contribution in [2.24, 2.45) is 0 Å². The van der Waals surface area contributed by atoms with Gasteiger partial charge in [-0.3, -0.25) is 0 Å². The number of aliphatic hydroxyl groups excluding tert-OH is 1. The Hall–Kier alpha value is -3.52. The number of urea groups is 1. The molecule has 2 unspecified atom stereocenters. The van der Waals surface area contributed by atoms with E-state index in [1.54, 1.807) is 0 Å². The third kappa shape index (κ3) is 5.33. The number of anilines is 2.